The molecule has 0 saturated carbocycles. The lowest BCUT2D eigenvalue weighted by molar-refractivity contribution is 0.101. The Morgan fingerprint density at radius 1 is 1.17 bits per heavy atom. The van der Waals surface area contributed by atoms with Crippen molar-refractivity contribution in [2.24, 2.45) is 5.92 Å². The number of rotatable bonds is 9. The third-order valence-electron chi connectivity index (χ3n) is 7.64. The van der Waals surface area contributed by atoms with Gasteiger partial charge in [-0.3, -0.25) is 14.2 Å². The van der Waals surface area contributed by atoms with Crippen molar-refractivity contribution in [2.75, 3.05) is 44.8 Å². The van der Waals surface area contributed by atoms with Crippen LogP contribution in [0.25, 0.3) is 10.9 Å². The van der Waals surface area contributed by atoms with E-state index in [1.165, 1.54) is 12.1 Å². The lowest BCUT2D eigenvalue weighted by Crippen LogP contribution is -2.54. The number of aromatic nitrogens is 1. The fourth-order valence-corrected chi connectivity index (χ4v) is 5.81. The van der Waals surface area contributed by atoms with E-state index in [0.717, 1.165) is 41.7 Å². The first-order valence-corrected chi connectivity index (χ1v) is 12.9. The number of nitrogens with zero attached hydrogens (tertiary/aromatic N) is 2. The van der Waals surface area contributed by atoms with Crippen LogP contribution in [0, 0.1) is 17.6 Å². The summed E-state index contributed by atoms with van der Waals surface area (Å²) < 4.78 is 43.9. The standard InChI is InChI=1S/C28H35F3N4O/c1-17(16-36)13-35-18(2)10-22-21-6-3-4-7-25(21)33-27(22)28(35)26-23(30)11-19(12-24(26)31)32-20-14-34(15-20)9-5-8-29/h3-4,6-7,11-12,17-18,20,28,32-33,36H,5,8-10,13-16H2,1-2H3. The molecular weight excluding hydrogens is 465 g/mol. The van der Waals surface area contributed by atoms with Crippen LogP contribution in [-0.2, 0) is 6.42 Å². The smallest absolute Gasteiger partial charge is 0.133 e. The Hall–Kier alpha value is -2.55. The molecule has 5 nitrogen and oxygen atoms in total. The van der Waals surface area contributed by atoms with E-state index in [1.807, 2.05) is 25.1 Å². The molecule has 2 aromatic carbocycles. The molecule has 3 N–H and O–H groups in total. The average Bonchev–Trinajstić information content (AvgIpc) is 3.19. The zero-order valence-corrected chi connectivity index (χ0v) is 20.9. The predicted octanol–water partition coefficient (Wildman–Crippen LogP) is 4.87. The molecule has 0 amide bonds. The maximum atomic E-state index is 15.8. The largest absolute Gasteiger partial charge is 0.396 e. The molecule has 1 saturated heterocycles. The molecule has 2 aliphatic rings. The number of H-pyrrole nitrogens is 1. The normalized spacial score (nSPS) is 21.9. The summed E-state index contributed by atoms with van der Waals surface area (Å²) in [5.74, 6) is -1.21. The van der Waals surface area contributed by atoms with Crippen molar-refractivity contribution < 1.29 is 18.3 Å². The fraction of sp³-hybridized carbons (Fsp3) is 0.500. The molecule has 36 heavy (non-hydrogen) atoms. The van der Waals surface area contributed by atoms with Crippen molar-refractivity contribution >= 4 is 16.6 Å². The van der Waals surface area contributed by atoms with Gasteiger partial charge in [0.1, 0.15) is 11.6 Å². The van der Waals surface area contributed by atoms with Crippen LogP contribution >= 0.6 is 0 Å². The average molecular weight is 501 g/mol. The number of likely N-dealkylation sites (tertiary alicyclic amines) is 1. The minimum absolute atomic E-state index is 0.00700. The first-order chi connectivity index (χ1) is 17.4. The summed E-state index contributed by atoms with van der Waals surface area (Å²) in [5.41, 5.74) is 3.32. The minimum Gasteiger partial charge on any atom is -0.396 e. The highest BCUT2D eigenvalue weighted by Gasteiger charge is 2.39. The van der Waals surface area contributed by atoms with Crippen molar-refractivity contribution in [3.63, 3.8) is 0 Å². The van der Waals surface area contributed by atoms with Crippen molar-refractivity contribution in [2.45, 2.75) is 44.8 Å². The van der Waals surface area contributed by atoms with Gasteiger partial charge in [0.05, 0.1) is 18.8 Å². The van der Waals surface area contributed by atoms with Crippen LogP contribution in [0.5, 0.6) is 0 Å². The third kappa shape index (κ3) is 4.74. The van der Waals surface area contributed by atoms with Gasteiger partial charge in [0, 0.05) is 66.7 Å². The van der Waals surface area contributed by atoms with Gasteiger partial charge >= 0.3 is 0 Å². The van der Waals surface area contributed by atoms with Gasteiger partial charge in [-0.2, -0.15) is 0 Å². The number of para-hydroxylation sites is 1. The molecule has 0 spiro atoms. The number of fused-ring (bicyclic) bond motifs is 3. The molecule has 8 heteroatoms. The van der Waals surface area contributed by atoms with Gasteiger partial charge in [-0.1, -0.05) is 25.1 Å². The molecule has 0 aliphatic carbocycles. The second kappa shape index (κ2) is 10.4. The zero-order chi connectivity index (χ0) is 25.4. The number of halogens is 3. The van der Waals surface area contributed by atoms with Crippen LogP contribution in [0.2, 0.25) is 0 Å². The van der Waals surface area contributed by atoms with Crippen LogP contribution in [0.1, 0.15) is 43.1 Å². The summed E-state index contributed by atoms with van der Waals surface area (Å²) in [7, 11) is 0. The second-order valence-corrected chi connectivity index (χ2v) is 10.5. The molecule has 3 atom stereocenters. The van der Waals surface area contributed by atoms with Crippen molar-refractivity contribution in [3.05, 3.63) is 64.9 Å². The molecule has 5 rings (SSSR count). The second-order valence-electron chi connectivity index (χ2n) is 10.5. The quantitative estimate of drug-likeness (QED) is 0.393. The topological polar surface area (TPSA) is 54.5 Å². The molecule has 2 aliphatic heterocycles. The van der Waals surface area contributed by atoms with E-state index < -0.39 is 17.7 Å². The molecule has 0 bridgehead atoms. The Morgan fingerprint density at radius 2 is 1.89 bits per heavy atom. The molecule has 0 radical (unpaired) electrons. The Balaban J connectivity index is 1.48. The van der Waals surface area contributed by atoms with Crippen LogP contribution in [-0.4, -0.2) is 71.4 Å². The molecule has 3 unspecified atom stereocenters. The number of nitrogens with one attached hydrogen (secondary N) is 2. The summed E-state index contributed by atoms with van der Waals surface area (Å²) in [6.07, 6.45) is 1.27. The van der Waals surface area contributed by atoms with Crippen molar-refractivity contribution in [1.82, 2.24) is 14.8 Å². The van der Waals surface area contributed by atoms with Crippen LogP contribution in [0.15, 0.2) is 36.4 Å². The van der Waals surface area contributed by atoms with Crippen LogP contribution in [0.4, 0.5) is 18.9 Å². The van der Waals surface area contributed by atoms with Gasteiger partial charge in [-0.05, 0) is 49.4 Å². The molecule has 3 heterocycles. The molecular formula is C28H35F3N4O. The highest BCUT2D eigenvalue weighted by Crippen LogP contribution is 2.43. The van der Waals surface area contributed by atoms with E-state index in [-0.39, 0.29) is 36.8 Å². The van der Waals surface area contributed by atoms with E-state index in [9.17, 15) is 9.50 Å². The Morgan fingerprint density at radius 3 is 2.58 bits per heavy atom. The van der Waals surface area contributed by atoms with Gasteiger partial charge in [0.2, 0.25) is 0 Å². The van der Waals surface area contributed by atoms with E-state index in [1.54, 1.807) is 0 Å². The first kappa shape index (κ1) is 25.1. The maximum absolute atomic E-state index is 15.8. The van der Waals surface area contributed by atoms with Crippen molar-refractivity contribution in [3.8, 4) is 0 Å². The summed E-state index contributed by atoms with van der Waals surface area (Å²) in [6, 6.07) is 10.3. The van der Waals surface area contributed by atoms with E-state index >= 15 is 8.78 Å². The minimum atomic E-state index is -0.626. The van der Waals surface area contributed by atoms with E-state index in [0.29, 0.717) is 25.2 Å². The fourth-order valence-electron chi connectivity index (χ4n) is 5.81. The third-order valence-corrected chi connectivity index (χ3v) is 7.64. The maximum Gasteiger partial charge on any atom is 0.133 e. The van der Waals surface area contributed by atoms with Crippen LogP contribution < -0.4 is 5.32 Å². The monoisotopic (exact) mass is 500 g/mol. The molecule has 1 aromatic heterocycles. The number of anilines is 1. The zero-order valence-electron chi connectivity index (χ0n) is 20.9. The summed E-state index contributed by atoms with van der Waals surface area (Å²) >= 11 is 0. The van der Waals surface area contributed by atoms with Crippen LogP contribution in [0.3, 0.4) is 0 Å². The number of aromatic amines is 1. The number of benzene rings is 2. The highest BCUT2D eigenvalue weighted by atomic mass is 19.1. The van der Waals surface area contributed by atoms with Gasteiger partial charge in [0.15, 0.2) is 0 Å². The van der Waals surface area contributed by atoms with E-state index in [2.05, 4.69) is 33.1 Å². The lowest BCUT2D eigenvalue weighted by Gasteiger charge is -2.42. The van der Waals surface area contributed by atoms with Gasteiger partial charge < -0.3 is 15.4 Å². The number of aliphatic hydroxyl groups excluding tert-OH is 1. The van der Waals surface area contributed by atoms with E-state index in [4.69, 9.17) is 0 Å². The first-order valence-electron chi connectivity index (χ1n) is 12.9. The Kier molecular flexibility index (Phi) is 7.28. The number of hydrogen-bond acceptors (Lipinski definition) is 4. The van der Waals surface area contributed by atoms with Gasteiger partial charge in [-0.25, -0.2) is 8.78 Å². The lowest BCUT2D eigenvalue weighted by atomic mass is 9.87. The molecule has 1 fully saturated rings. The SMILES string of the molecule is CC(CO)CN1C(C)Cc2c([nH]c3ccccc23)C1c1c(F)cc(NC2CN(CCCF)C2)cc1F. The summed E-state index contributed by atoms with van der Waals surface area (Å²) in [6.45, 7) is 6.38. The van der Waals surface area contributed by atoms with Crippen molar-refractivity contribution in [1.29, 1.82) is 0 Å². The van der Waals surface area contributed by atoms with Gasteiger partial charge in [-0.15, -0.1) is 0 Å². The molecule has 194 valence electrons. The highest BCUT2D eigenvalue weighted by molar-refractivity contribution is 5.85. The number of alkyl halides is 1. The predicted molar refractivity (Wildman–Crippen MR) is 137 cm³/mol. The number of aliphatic hydroxyl groups is 1. The Bertz CT molecular complexity index is 1190. The molecule has 3 aromatic rings. The summed E-state index contributed by atoms with van der Waals surface area (Å²) in [4.78, 5) is 7.70. The number of hydrogen-bond donors (Lipinski definition) is 3. The Labute approximate surface area is 210 Å². The summed E-state index contributed by atoms with van der Waals surface area (Å²) in [5, 5.41) is 14.0. The van der Waals surface area contributed by atoms with Gasteiger partial charge in [0.25, 0.3) is 0 Å².